The number of hydrogen-bond acceptors (Lipinski definition) is 3. The van der Waals surface area contributed by atoms with E-state index in [9.17, 15) is 5.11 Å². The summed E-state index contributed by atoms with van der Waals surface area (Å²) in [5.41, 5.74) is 0. The summed E-state index contributed by atoms with van der Waals surface area (Å²) in [5, 5.41) is 12.8. The van der Waals surface area contributed by atoms with Gasteiger partial charge in [0.05, 0.1) is 6.61 Å². The molecule has 1 rings (SSSR count). The Morgan fingerprint density at radius 2 is 2.07 bits per heavy atom. The zero-order chi connectivity index (χ0) is 10.4. The van der Waals surface area contributed by atoms with Crippen molar-refractivity contribution in [2.24, 2.45) is 5.92 Å². The van der Waals surface area contributed by atoms with E-state index in [4.69, 9.17) is 4.74 Å². The average molecular weight is 201 g/mol. The summed E-state index contributed by atoms with van der Waals surface area (Å²) in [4.78, 5) is 0. The number of hydrogen-bond donors (Lipinski definition) is 2. The largest absolute Gasteiger partial charge is 0.395 e. The van der Waals surface area contributed by atoms with Crippen molar-refractivity contribution in [2.45, 2.75) is 45.2 Å². The molecule has 0 amide bonds. The fourth-order valence-corrected chi connectivity index (χ4v) is 1.85. The summed E-state index contributed by atoms with van der Waals surface area (Å²) in [6.07, 6.45) is 3.27. The average Bonchev–Trinajstić information content (AvgIpc) is 2.26. The molecule has 1 saturated heterocycles. The van der Waals surface area contributed by atoms with Gasteiger partial charge in [-0.25, -0.2) is 0 Å². The monoisotopic (exact) mass is 201 g/mol. The quantitative estimate of drug-likeness (QED) is 0.701. The van der Waals surface area contributed by atoms with Gasteiger partial charge in [-0.2, -0.15) is 0 Å². The standard InChI is InChI=1S/C11H23NO2/c1-3-9(2)11(8-13)12-10-4-6-14-7-5-10/h9-13H,3-8H2,1-2H3. The first-order valence-electron chi connectivity index (χ1n) is 5.72. The van der Waals surface area contributed by atoms with Crippen LogP contribution in [0.4, 0.5) is 0 Å². The third-order valence-corrected chi connectivity index (χ3v) is 3.20. The van der Waals surface area contributed by atoms with E-state index < -0.39 is 0 Å². The molecule has 0 saturated carbocycles. The van der Waals surface area contributed by atoms with Gasteiger partial charge in [0.15, 0.2) is 0 Å². The van der Waals surface area contributed by atoms with Gasteiger partial charge in [0.2, 0.25) is 0 Å². The molecule has 0 aromatic carbocycles. The Morgan fingerprint density at radius 3 is 2.57 bits per heavy atom. The van der Waals surface area contributed by atoms with E-state index >= 15 is 0 Å². The van der Waals surface area contributed by atoms with Gasteiger partial charge >= 0.3 is 0 Å². The van der Waals surface area contributed by atoms with Crippen molar-refractivity contribution in [1.29, 1.82) is 0 Å². The molecule has 84 valence electrons. The van der Waals surface area contributed by atoms with E-state index in [1.807, 2.05) is 0 Å². The lowest BCUT2D eigenvalue weighted by atomic mass is 9.97. The van der Waals surface area contributed by atoms with Crippen molar-refractivity contribution in [3.63, 3.8) is 0 Å². The summed E-state index contributed by atoms with van der Waals surface area (Å²) in [5.74, 6) is 0.544. The lowest BCUT2D eigenvalue weighted by molar-refractivity contribution is 0.0673. The number of rotatable bonds is 5. The van der Waals surface area contributed by atoms with Gasteiger partial charge in [0, 0.05) is 25.3 Å². The Kier molecular flexibility index (Phi) is 5.45. The van der Waals surface area contributed by atoms with Gasteiger partial charge in [-0.05, 0) is 18.8 Å². The summed E-state index contributed by atoms with van der Waals surface area (Å²) >= 11 is 0. The Labute approximate surface area is 86.8 Å². The minimum Gasteiger partial charge on any atom is -0.395 e. The third-order valence-electron chi connectivity index (χ3n) is 3.20. The maximum Gasteiger partial charge on any atom is 0.0587 e. The summed E-state index contributed by atoms with van der Waals surface area (Å²) in [7, 11) is 0. The highest BCUT2D eigenvalue weighted by Crippen LogP contribution is 2.12. The topological polar surface area (TPSA) is 41.5 Å². The summed E-state index contributed by atoms with van der Waals surface area (Å²) in [6, 6.07) is 0.790. The number of nitrogens with one attached hydrogen (secondary N) is 1. The van der Waals surface area contributed by atoms with Crippen LogP contribution in [0.15, 0.2) is 0 Å². The van der Waals surface area contributed by atoms with Crippen LogP contribution in [0.2, 0.25) is 0 Å². The maximum atomic E-state index is 9.26. The minimum atomic E-state index is 0.242. The molecule has 1 aliphatic heterocycles. The first-order valence-corrected chi connectivity index (χ1v) is 5.72. The Bertz CT molecular complexity index is 146. The van der Waals surface area contributed by atoms with Crippen molar-refractivity contribution < 1.29 is 9.84 Å². The molecule has 0 radical (unpaired) electrons. The van der Waals surface area contributed by atoms with Crippen LogP contribution in [0.3, 0.4) is 0 Å². The van der Waals surface area contributed by atoms with Gasteiger partial charge in [-0.15, -0.1) is 0 Å². The molecular formula is C11H23NO2. The summed E-state index contributed by atoms with van der Waals surface area (Å²) < 4.78 is 5.30. The molecule has 3 heteroatoms. The Morgan fingerprint density at radius 1 is 1.43 bits per heavy atom. The number of ether oxygens (including phenoxy) is 1. The van der Waals surface area contributed by atoms with Crippen LogP contribution in [0, 0.1) is 5.92 Å². The zero-order valence-corrected chi connectivity index (χ0v) is 9.33. The second-order valence-corrected chi connectivity index (χ2v) is 4.23. The van der Waals surface area contributed by atoms with Crippen LogP contribution in [-0.4, -0.2) is 37.0 Å². The van der Waals surface area contributed by atoms with Crippen LogP contribution < -0.4 is 5.32 Å². The SMILES string of the molecule is CCC(C)C(CO)NC1CCOCC1. The predicted molar refractivity (Wildman–Crippen MR) is 57.3 cm³/mol. The van der Waals surface area contributed by atoms with Gasteiger partial charge in [-0.1, -0.05) is 20.3 Å². The third kappa shape index (κ3) is 3.56. The second-order valence-electron chi connectivity index (χ2n) is 4.23. The molecule has 2 unspecified atom stereocenters. The lowest BCUT2D eigenvalue weighted by Crippen LogP contribution is -2.46. The molecular weight excluding hydrogens is 178 g/mol. The van der Waals surface area contributed by atoms with Gasteiger partial charge in [0.25, 0.3) is 0 Å². The van der Waals surface area contributed by atoms with Crippen molar-refractivity contribution in [3.8, 4) is 0 Å². The molecule has 2 atom stereocenters. The smallest absolute Gasteiger partial charge is 0.0587 e. The van der Waals surface area contributed by atoms with E-state index in [0.717, 1.165) is 32.5 Å². The lowest BCUT2D eigenvalue weighted by Gasteiger charge is -2.30. The molecule has 14 heavy (non-hydrogen) atoms. The molecule has 0 aliphatic carbocycles. The highest BCUT2D eigenvalue weighted by Gasteiger charge is 2.20. The Hall–Kier alpha value is -0.120. The van der Waals surface area contributed by atoms with Crippen LogP contribution in [-0.2, 0) is 4.74 Å². The molecule has 0 aromatic heterocycles. The van der Waals surface area contributed by atoms with E-state index in [2.05, 4.69) is 19.2 Å². The Balaban J connectivity index is 2.30. The van der Waals surface area contributed by atoms with Crippen molar-refractivity contribution in [2.75, 3.05) is 19.8 Å². The first kappa shape index (κ1) is 12.0. The highest BCUT2D eigenvalue weighted by atomic mass is 16.5. The first-order chi connectivity index (χ1) is 6.77. The van der Waals surface area contributed by atoms with Crippen molar-refractivity contribution in [1.82, 2.24) is 5.32 Å². The molecule has 0 bridgehead atoms. The van der Waals surface area contributed by atoms with E-state index in [1.54, 1.807) is 0 Å². The molecule has 0 spiro atoms. The number of aliphatic hydroxyl groups excluding tert-OH is 1. The van der Waals surface area contributed by atoms with E-state index in [1.165, 1.54) is 0 Å². The molecule has 3 nitrogen and oxygen atoms in total. The molecule has 0 aromatic rings. The fourth-order valence-electron chi connectivity index (χ4n) is 1.85. The normalized spacial score (nSPS) is 23.4. The second kappa shape index (κ2) is 6.38. The molecule has 1 heterocycles. The van der Waals surface area contributed by atoms with Crippen LogP contribution in [0.1, 0.15) is 33.1 Å². The molecule has 1 aliphatic rings. The predicted octanol–water partition coefficient (Wildman–Crippen LogP) is 1.16. The van der Waals surface area contributed by atoms with Crippen molar-refractivity contribution in [3.05, 3.63) is 0 Å². The van der Waals surface area contributed by atoms with Crippen LogP contribution in [0.5, 0.6) is 0 Å². The number of aliphatic hydroxyl groups is 1. The van der Waals surface area contributed by atoms with E-state index in [-0.39, 0.29) is 12.6 Å². The summed E-state index contributed by atoms with van der Waals surface area (Å²) in [6.45, 7) is 6.31. The van der Waals surface area contributed by atoms with Gasteiger partial charge in [-0.3, -0.25) is 0 Å². The highest BCUT2D eigenvalue weighted by molar-refractivity contribution is 4.78. The van der Waals surface area contributed by atoms with Crippen LogP contribution >= 0.6 is 0 Å². The van der Waals surface area contributed by atoms with Gasteiger partial charge < -0.3 is 15.2 Å². The van der Waals surface area contributed by atoms with Crippen molar-refractivity contribution >= 4 is 0 Å². The zero-order valence-electron chi connectivity index (χ0n) is 9.33. The van der Waals surface area contributed by atoms with Gasteiger partial charge in [0.1, 0.15) is 0 Å². The van der Waals surface area contributed by atoms with Crippen LogP contribution in [0.25, 0.3) is 0 Å². The molecule has 2 N–H and O–H groups in total. The van der Waals surface area contributed by atoms with E-state index in [0.29, 0.717) is 12.0 Å². The maximum absolute atomic E-state index is 9.26. The molecule has 1 fully saturated rings. The minimum absolute atomic E-state index is 0.242. The fraction of sp³-hybridized carbons (Fsp3) is 1.00.